The summed E-state index contributed by atoms with van der Waals surface area (Å²) in [6.45, 7) is 4.66. The molecule has 2 saturated heterocycles. The summed E-state index contributed by atoms with van der Waals surface area (Å²) in [6.07, 6.45) is 2.29. The molecule has 0 unspecified atom stereocenters. The normalized spacial score (nSPS) is 20.3. The van der Waals surface area contributed by atoms with Gasteiger partial charge >= 0.3 is 6.18 Å². The molecule has 0 amide bonds. The van der Waals surface area contributed by atoms with Crippen molar-refractivity contribution in [1.29, 1.82) is 0 Å². The number of rotatable bonds is 11. The minimum atomic E-state index is -4.56. The third-order valence-corrected chi connectivity index (χ3v) is 12.2. The highest BCUT2D eigenvalue weighted by Crippen LogP contribution is 2.41. The Balaban J connectivity index is 1.21. The lowest BCUT2D eigenvalue weighted by Gasteiger charge is -2.37. The van der Waals surface area contributed by atoms with Crippen LogP contribution in [0.25, 0.3) is 11.3 Å². The Hall–Kier alpha value is -2.53. The second-order valence-electron chi connectivity index (χ2n) is 13.5. The predicted octanol–water partition coefficient (Wildman–Crippen LogP) is 4.20. The van der Waals surface area contributed by atoms with E-state index in [9.17, 15) is 31.8 Å². The van der Waals surface area contributed by atoms with Crippen LogP contribution in [0.4, 0.5) is 13.2 Å². The molecule has 0 spiro atoms. The predicted molar refractivity (Wildman–Crippen MR) is 182 cm³/mol. The molecule has 3 aliphatic heterocycles. The van der Waals surface area contributed by atoms with Crippen LogP contribution in [0.15, 0.2) is 47.5 Å². The SMILES string of the molecule is CS(=O)(=O)N1CCc2c(c(-c3ccc(C(F)(F)F)c(SCCN4CCC(O)(c5ccccn5)CC4)c3)nn2C[C@@H](O)CN2CCCCC2)C1. The Morgan fingerprint density at radius 2 is 1.76 bits per heavy atom. The molecule has 49 heavy (non-hydrogen) atoms. The van der Waals surface area contributed by atoms with Crippen LogP contribution in [0.1, 0.15) is 54.6 Å². The highest BCUT2D eigenvalue weighted by Gasteiger charge is 2.37. The number of likely N-dealkylation sites (tertiary alicyclic amines) is 2. The van der Waals surface area contributed by atoms with Gasteiger partial charge in [-0.15, -0.1) is 11.8 Å². The molecule has 1 aromatic carbocycles. The number of aliphatic hydroxyl groups excluding tert-OH is 1. The monoisotopic (exact) mass is 722 g/mol. The molecular formula is C34H45F3N6O4S2. The van der Waals surface area contributed by atoms with Crippen molar-refractivity contribution in [3.05, 3.63) is 65.1 Å². The van der Waals surface area contributed by atoms with Crippen LogP contribution in [0.3, 0.4) is 0 Å². The molecule has 5 heterocycles. The zero-order valence-corrected chi connectivity index (χ0v) is 29.4. The Morgan fingerprint density at radius 3 is 2.43 bits per heavy atom. The van der Waals surface area contributed by atoms with Crippen LogP contribution in [0, 0.1) is 0 Å². The first-order valence-electron chi connectivity index (χ1n) is 16.9. The van der Waals surface area contributed by atoms with Crippen molar-refractivity contribution in [3.63, 3.8) is 0 Å². The molecule has 2 fully saturated rings. The van der Waals surface area contributed by atoms with E-state index < -0.39 is 33.5 Å². The number of aromatic nitrogens is 3. The molecular weight excluding hydrogens is 678 g/mol. The topological polar surface area (TPSA) is 115 Å². The zero-order chi connectivity index (χ0) is 34.8. The Bertz CT molecular complexity index is 1690. The minimum absolute atomic E-state index is 0.0645. The van der Waals surface area contributed by atoms with E-state index in [0.717, 1.165) is 55.7 Å². The smallest absolute Gasteiger partial charge is 0.390 e. The molecule has 0 aliphatic carbocycles. The van der Waals surface area contributed by atoms with Crippen molar-refractivity contribution in [1.82, 2.24) is 28.9 Å². The molecule has 0 radical (unpaired) electrons. The van der Waals surface area contributed by atoms with Crippen LogP contribution in [0.2, 0.25) is 0 Å². The maximum Gasteiger partial charge on any atom is 0.417 e. The van der Waals surface area contributed by atoms with E-state index in [1.54, 1.807) is 16.9 Å². The van der Waals surface area contributed by atoms with Gasteiger partial charge in [0.15, 0.2) is 0 Å². The lowest BCUT2D eigenvalue weighted by molar-refractivity contribution is -0.139. The lowest BCUT2D eigenvalue weighted by atomic mass is 9.88. The number of thioether (sulfide) groups is 1. The third kappa shape index (κ3) is 8.68. The summed E-state index contributed by atoms with van der Waals surface area (Å²) in [5.41, 5.74) is 1.27. The van der Waals surface area contributed by atoms with Gasteiger partial charge in [-0.3, -0.25) is 9.67 Å². The van der Waals surface area contributed by atoms with Crippen molar-refractivity contribution in [2.24, 2.45) is 0 Å². The standard InChI is InChI=1S/C34H45F3N6O4S2/c1-49(46,47)42-16-10-29-27(24-42)32(39-43(29)23-26(44)22-41-14-5-2-6-15-41)25-8-9-28(34(35,36)37)30(21-25)48-20-19-40-17-11-33(45,12-18-40)31-7-3-4-13-38-31/h3-4,7-9,13,21,26,44-45H,2,5-6,10-12,14-20,22-24H2,1H3/t26-/m0/s1. The second-order valence-corrected chi connectivity index (χ2v) is 16.6. The number of alkyl halides is 3. The van der Waals surface area contributed by atoms with Crippen LogP contribution in [0.5, 0.6) is 0 Å². The summed E-state index contributed by atoms with van der Waals surface area (Å²) < 4.78 is 70.8. The van der Waals surface area contributed by atoms with E-state index in [2.05, 4.69) is 14.8 Å². The summed E-state index contributed by atoms with van der Waals surface area (Å²) in [7, 11) is -3.52. The summed E-state index contributed by atoms with van der Waals surface area (Å²) >= 11 is 1.13. The number of nitrogens with zero attached hydrogens (tertiary/aromatic N) is 6. The van der Waals surface area contributed by atoms with Crippen LogP contribution in [-0.2, 0) is 41.3 Å². The van der Waals surface area contributed by atoms with E-state index in [4.69, 9.17) is 5.10 Å². The molecule has 15 heteroatoms. The molecule has 2 N–H and O–H groups in total. The fraction of sp³-hybridized carbons (Fsp3) is 0.588. The van der Waals surface area contributed by atoms with E-state index in [1.165, 1.54) is 22.9 Å². The molecule has 0 saturated carbocycles. The molecule has 268 valence electrons. The Morgan fingerprint density at radius 1 is 1.00 bits per heavy atom. The van der Waals surface area contributed by atoms with E-state index in [-0.39, 0.29) is 24.5 Å². The molecule has 0 bridgehead atoms. The first kappa shape index (κ1) is 36.3. The van der Waals surface area contributed by atoms with E-state index in [0.29, 0.717) is 73.7 Å². The first-order valence-corrected chi connectivity index (χ1v) is 19.8. The largest absolute Gasteiger partial charge is 0.417 e. The number of aliphatic hydroxyl groups is 2. The fourth-order valence-electron chi connectivity index (χ4n) is 7.18. The van der Waals surface area contributed by atoms with Gasteiger partial charge in [0, 0.05) is 79.4 Å². The molecule has 3 aromatic rings. The van der Waals surface area contributed by atoms with Gasteiger partial charge in [0.1, 0.15) is 5.60 Å². The summed E-state index contributed by atoms with van der Waals surface area (Å²) in [6, 6.07) is 9.47. The van der Waals surface area contributed by atoms with Crippen LogP contribution in [-0.4, -0.2) is 111 Å². The Kier molecular flexibility index (Phi) is 11.1. The van der Waals surface area contributed by atoms with Crippen LogP contribution >= 0.6 is 11.8 Å². The van der Waals surface area contributed by atoms with Gasteiger partial charge in [0.05, 0.1) is 35.9 Å². The molecule has 2 aromatic heterocycles. The molecule has 6 rings (SSSR count). The van der Waals surface area contributed by atoms with Gasteiger partial charge < -0.3 is 20.0 Å². The van der Waals surface area contributed by atoms with Gasteiger partial charge in [-0.2, -0.15) is 22.6 Å². The van der Waals surface area contributed by atoms with Crippen molar-refractivity contribution in [3.8, 4) is 11.3 Å². The average Bonchev–Trinajstić information content (AvgIpc) is 3.43. The highest BCUT2D eigenvalue weighted by atomic mass is 32.2. The number of pyridine rings is 1. The first-order chi connectivity index (χ1) is 23.3. The quantitative estimate of drug-likeness (QED) is 0.281. The Labute approximate surface area is 290 Å². The minimum Gasteiger partial charge on any atom is -0.390 e. The summed E-state index contributed by atoms with van der Waals surface area (Å²) in [4.78, 5) is 8.78. The average molecular weight is 723 g/mol. The number of fused-ring (bicyclic) bond motifs is 1. The van der Waals surface area contributed by atoms with Crippen LogP contribution < -0.4 is 0 Å². The number of sulfonamides is 1. The number of halogens is 3. The number of piperidine rings is 2. The van der Waals surface area contributed by atoms with Crippen molar-refractivity contribution >= 4 is 21.8 Å². The molecule has 10 nitrogen and oxygen atoms in total. The number of β-amino-alcohol motifs (C(OH)–C–C–N with tert-alkyl or cyclic N) is 1. The van der Waals surface area contributed by atoms with Gasteiger partial charge in [0.25, 0.3) is 0 Å². The highest BCUT2D eigenvalue weighted by molar-refractivity contribution is 7.99. The van der Waals surface area contributed by atoms with Gasteiger partial charge in [0.2, 0.25) is 10.0 Å². The fourth-order valence-corrected chi connectivity index (χ4v) is 9.08. The maximum atomic E-state index is 14.2. The number of benzene rings is 1. The van der Waals surface area contributed by atoms with E-state index >= 15 is 0 Å². The second kappa shape index (κ2) is 15.0. The van der Waals surface area contributed by atoms with Gasteiger partial charge in [-0.25, -0.2) is 8.42 Å². The molecule has 3 aliphatic rings. The van der Waals surface area contributed by atoms with Crippen molar-refractivity contribution in [2.45, 2.75) is 74.4 Å². The summed E-state index contributed by atoms with van der Waals surface area (Å²) in [5, 5.41) is 27.0. The number of hydrogen-bond acceptors (Lipinski definition) is 9. The zero-order valence-electron chi connectivity index (χ0n) is 27.8. The van der Waals surface area contributed by atoms with Gasteiger partial charge in [-0.05, 0) is 63.0 Å². The third-order valence-electron chi connectivity index (χ3n) is 9.92. The summed E-state index contributed by atoms with van der Waals surface area (Å²) in [5.74, 6) is 0.408. The van der Waals surface area contributed by atoms with E-state index in [1.807, 2.05) is 12.1 Å². The van der Waals surface area contributed by atoms with Gasteiger partial charge in [-0.1, -0.05) is 18.6 Å². The van der Waals surface area contributed by atoms with Crippen molar-refractivity contribution in [2.75, 3.05) is 57.8 Å². The van der Waals surface area contributed by atoms with Crippen molar-refractivity contribution < 1.29 is 31.8 Å². The lowest BCUT2D eigenvalue weighted by Crippen LogP contribution is -2.43. The molecule has 1 atom stereocenters. The number of hydrogen-bond donors (Lipinski definition) is 2. The maximum absolute atomic E-state index is 14.2.